The molecule has 0 atom stereocenters. The van der Waals surface area contributed by atoms with Crippen molar-refractivity contribution in [2.75, 3.05) is 39.3 Å². The number of carbonyl (C=O) groups excluding carboxylic acids is 1. The van der Waals surface area contributed by atoms with Crippen molar-refractivity contribution in [1.29, 1.82) is 0 Å². The highest BCUT2D eigenvalue weighted by Crippen LogP contribution is 2.36. The lowest BCUT2D eigenvalue weighted by molar-refractivity contribution is 0.166. The fraction of sp³-hybridized carbons (Fsp3) is 0.444. The van der Waals surface area contributed by atoms with Crippen LogP contribution >= 0.6 is 11.6 Å². The number of urea groups is 1. The standard InChI is InChI=1S/C27H33ClN4O/c1-20(2)31-17-16-30(27(31)33)15-14-29-12-10-21(11-13-29)25-19-32(23-6-4-3-5-7-23)26-18-22(28)8-9-24(25)26/h3-9,18-21H,10-17H2,1-2H3. The zero-order valence-corrected chi connectivity index (χ0v) is 20.3. The largest absolute Gasteiger partial charge is 0.322 e. The molecule has 5 nitrogen and oxygen atoms in total. The number of para-hydroxylation sites is 1. The smallest absolute Gasteiger partial charge is 0.320 e. The first-order valence-corrected chi connectivity index (χ1v) is 12.5. The topological polar surface area (TPSA) is 31.7 Å². The van der Waals surface area contributed by atoms with E-state index >= 15 is 0 Å². The van der Waals surface area contributed by atoms with E-state index in [1.165, 1.54) is 22.2 Å². The Morgan fingerprint density at radius 3 is 2.42 bits per heavy atom. The van der Waals surface area contributed by atoms with Gasteiger partial charge in [0.05, 0.1) is 5.52 Å². The number of benzene rings is 2. The van der Waals surface area contributed by atoms with Crippen molar-refractivity contribution < 1.29 is 4.79 Å². The van der Waals surface area contributed by atoms with Crippen LogP contribution in [-0.4, -0.2) is 70.6 Å². The molecule has 5 rings (SSSR count). The van der Waals surface area contributed by atoms with Gasteiger partial charge in [0.15, 0.2) is 0 Å². The SMILES string of the molecule is CC(C)N1CCN(CCN2CCC(c3cn(-c4ccccc4)c4cc(Cl)ccc34)CC2)C1=O. The van der Waals surface area contributed by atoms with Crippen LogP contribution in [0.3, 0.4) is 0 Å². The third kappa shape index (κ3) is 4.49. The Kier molecular flexibility index (Phi) is 6.35. The summed E-state index contributed by atoms with van der Waals surface area (Å²) in [6.07, 6.45) is 4.60. The van der Waals surface area contributed by atoms with Crippen LogP contribution in [0.15, 0.2) is 54.7 Å². The van der Waals surface area contributed by atoms with E-state index in [-0.39, 0.29) is 12.1 Å². The number of hydrogen-bond donors (Lipinski definition) is 0. The van der Waals surface area contributed by atoms with Crippen molar-refractivity contribution in [3.05, 3.63) is 65.3 Å². The van der Waals surface area contributed by atoms with E-state index < -0.39 is 0 Å². The van der Waals surface area contributed by atoms with E-state index in [9.17, 15) is 4.79 Å². The van der Waals surface area contributed by atoms with E-state index in [1.807, 2.05) is 15.9 Å². The highest BCUT2D eigenvalue weighted by atomic mass is 35.5. The molecule has 0 saturated carbocycles. The fourth-order valence-corrected chi connectivity index (χ4v) is 5.54. The van der Waals surface area contributed by atoms with E-state index in [0.717, 1.165) is 57.1 Å². The quantitative estimate of drug-likeness (QED) is 0.475. The Morgan fingerprint density at radius 2 is 1.73 bits per heavy atom. The number of fused-ring (bicyclic) bond motifs is 1. The van der Waals surface area contributed by atoms with Crippen molar-refractivity contribution in [3.63, 3.8) is 0 Å². The summed E-state index contributed by atoms with van der Waals surface area (Å²) in [5.41, 5.74) is 3.76. The summed E-state index contributed by atoms with van der Waals surface area (Å²) in [5.74, 6) is 0.541. The predicted octanol–water partition coefficient (Wildman–Crippen LogP) is 5.61. The average Bonchev–Trinajstić information content (AvgIpc) is 3.39. The molecule has 0 unspecified atom stereocenters. The summed E-state index contributed by atoms with van der Waals surface area (Å²) >= 11 is 6.37. The first-order valence-electron chi connectivity index (χ1n) is 12.1. The second-order valence-corrected chi connectivity index (χ2v) is 10.1. The number of amides is 2. The minimum Gasteiger partial charge on any atom is -0.322 e. The lowest BCUT2D eigenvalue weighted by Crippen LogP contribution is -2.41. The summed E-state index contributed by atoms with van der Waals surface area (Å²) < 4.78 is 2.28. The summed E-state index contributed by atoms with van der Waals surface area (Å²) in [6.45, 7) is 9.84. The maximum absolute atomic E-state index is 12.5. The highest BCUT2D eigenvalue weighted by Gasteiger charge is 2.30. The van der Waals surface area contributed by atoms with Gasteiger partial charge in [-0.05, 0) is 75.5 Å². The first-order chi connectivity index (χ1) is 16.0. The molecule has 2 saturated heterocycles. The fourth-order valence-electron chi connectivity index (χ4n) is 5.37. The minimum absolute atomic E-state index is 0.201. The molecule has 3 heterocycles. The second kappa shape index (κ2) is 9.40. The summed E-state index contributed by atoms with van der Waals surface area (Å²) in [5, 5.41) is 2.07. The van der Waals surface area contributed by atoms with Crippen molar-refractivity contribution in [2.45, 2.75) is 38.6 Å². The van der Waals surface area contributed by atoms with Gasteiger partial charge in [0.1, 0.15) is 0 Å². The normalized spacial score (nSPS) is 18.2. The number of carbonyl (C=O) groups is 1. The van der Waals surface area contributed by atoms with Gasteiger partial charge in [-0.3, -0.25) is 0 Å². The zero-order chi connectivity index (χ0) is 22.9. The molecule has 2 fully saturated rings. The average molecular weight is 465 g/mol. The molecule has 6 heteroatoms. The molecular formula is C27H33ClN4O. The minimum atomic E-state index is 0.201. The molecule has 0 radical (unpaired) electrons. The molecule has 33 heavy (non-hydrogen) atoms. The van der Waals surface area contributed by atoms with Gasteiger partial charge >= 0.3 is 6.03 Å². The lowest BCUT2D eigenvalue weighted by atomic mass is 9.89. The molecule has 2 aliphatic heterocycles. The number of rotatable bonds is 6. The maximum Gasteiger partial charge on any atom is 0.320 e. The van der Waals surface area contributed by atoms with Gasteiger partial charge < -0.3 is 19.3 Å². The van der Waals surface area contributed by atoms with Crippen LogP contribution in [0.5, 0.6) is 0 Å². The van der Waals surface area contributed by atoms with Crippen molar-refractivity contribution in [3.8, 4) is 5.69 Å². The van der Waals surface area contributed by atoms with Crippen LogP contribution in [0.4, 0.5) is 4.79 Å². The van der Waals surface area contributed by atoms with E-state index in [1.54, 1.807) is 0 Å². The number of nitrogens with zero attached hydrogens (tertiary/aromatic N) is 4. The van der Waals surface area contributed by atoms with Crippen LogP contribution in [0.25, 0.3) is 16.6 Å². The zero-order valence-electron chi connectivity index (χ0n) is 19.6. The molecule has 2 aromatic carbocycles. The summed E-state index contributed by atoms with van der Waals surface area (Å²) in [7, 11) is 0. The number of hydrogen-bond acceptors (Lipinski definition) is 2. The molecule has 1 aromatic heterocycles. The van der Waals surface area contributed by atoms with Crippen LogP contribution < -0.4 is 0 Å². The molecular weight excluding hydrogens is 432 g/mol. The third-order valence-electron chi connectivity index (χ3n) is 7.30. The number of likely N-dealkylation sites (tertiary alicyclic amines) is 1. The number of piperidine rings is 1. The molecule has 0 aliphatic carbocycles. The molecule has 0 bridgehead atoms. The van der Waals surface area contributed by atoms with Crippen molar-refractivity contribution in [2.24, 2.45) is 0 Å². The summed E-state index contributed by atoms with van der Waals surface area (Å²) in [6, 6.07) is 17.2. The van der Waals surface area contributed by atoms with Crippen LogP contribution in [-0.2, 0) is 0 Å². The van der Waals surface area contributed by atoms with Crippen LogP contribution in [0.1, 0.15) is 38.2 Å². The Bertz CT molecular complexity index is 1120. The number of aromatic nitrogens is 1. The molecule has 0 N–H and O–H groups in total. The monoisotopic (exact) mass is 464 g/mol. The van der Waals surface area contributed by atoms with E-state index in [0.29, 0.717) is 5.92 Å². The van der Waals surface area contributed by atoms with Crippen molar-refractivity contribution >= 4 is 28.5 Å². The molecule has 3 aromatic rings. The van der Waals surface area contributed by atoms with E-state index in [2.05, 4.69) is 72.0 Å². The Hall–Kier alpha value is -2.50. The van der Waals surface area contributed by atoms with Gasteiger partial charge in [0.2, 0.25) is 0 Å². The number of halogens is 1. The van der Waals surface area contributed by atoms with Gasteiger partial charge in [-0.15, -0.1) is 0 Å². The van der Waals surface area contributed by atoms with Gasteiger partial charge in [-0.2, -0.15) is 0 Å². The lowest BCUT2D eigenvalue weighted by Gasteiger charge is -2.33. The van der Waals surface area contributed by atoms with Gasteiger partial charge in [0.25, 0.3) is 0 Å². The Morgan fingerprint density at radius 1 is 0.970 bits per heavy atom. The van der Waals surface area contributed by atoms with Crippen LogP contribution in [0.2, 0.25) is 5.02 Å². The third-order valence-corrected chi connectivity index (χ3v) is 7.53. The van der Waals surface area contributed by atoms with E-state index in [4.69, 9.17) is 11.6 Å². The molecule has 0 spiro atoms. The van der Waals surface area contributed by atoms with Gasteiger partial charge in [-0.1, -0.05) is 35.9 Å². The Labute approximate surface area is 201 Å². The maximum atomic E-state index is 12.5. The summed E-state index contributed by atoms with van der Waals surface area (Å²) in [4.78, 5) is 19.1. The Balaban J connectivity index is 1.26. The highest BCUT2D eigenvalue weighted by molar-refractivity contribution is 6.31. The van der Waals surface area contributed by atoms with Gasteiger partial charge in [0, 0.05) is 54.5 Å². The molecule has 2 amide bonds. The van der Waals surface area contributed by atoms with Crippen LogP contribution in [0, 0.1) is 0 Å². The van der Waals surface area contributed by atoms with Crippen molar-refractivity contribution in [1.82, 2.24) is 19.3 Å². The second-order valence-electron chi connectivity index (χ2n) is 9.62. The molecule has 2 aliphatic rings. The van der Waals surface area contributed by atoms with Gasteiger partial charge in [-0.25, -0.2) is 4.79 Å². The molecule has 174 valence electrons. The first kappa shape index (κ1) is 22.3. The predicted molar refractivity (Wildman–Crippen MR) is 136 cm³/mol.